The van der Waals surface area contributed by atoms with Gasteiger partial charge in [-0.05, 0) is 42.8 Å². The van der Waals surface area contributed by atoms with Gasteiger partial charge in [0.25, 0.3) is 5.91 Å². The van der Waals surface area contributed by atoms with Crippen molar-refractivity contribution in [3.05, 3.63) is 70.6 Å². The summed E-state index contributed by atoms with van der Waals surface area (Å²) in [6.07, 6.45) is 1.59. The van der Waals surface area contributed by atoms with Crippen LogP contribution in [0.25, 0.3) is 0 Å². The molecule has 1 amide bonds. The average molecular weight is 439 g/mol. The largest absolute Gasteiger partial charge is 0.378 e. The number of nitrogens with one attached hydrogen (secondary N) is 2. The first kappa shape index (κ1) is 21.0. The summed E-state index contributed by atoms with van der Waals surface area (Å²) in [6.45, 7) is 4.88. The lowest BCUT2D eigenvalue weighted by molar-refractivity contribution is 0.0945. The second kappa shape index (κ2) is 9.72. The van der Waals surface area contributed by atoms with E-state index in [9.17, 15) is 4.79 Å². The number of aromatic nitrogens is 3. The summed E-state index contributed by atoms with van der Waals surface area (Å²) in [5.74, 6) is 0.983. The Balaban J connectivity index is 1.56. The van der Waals surface area contributed by atoms with Gasteiger partial charge in [-0.25, -0.2) is 4.98 Å². The maximum Gasteiger partial charge on any atom is 0.270 e. The third-order valence-electron chi connectivity index (χ3n) is 4.82. The van der Waals surface area contributed by atoms with Gasteiger partial charge in [0.1, 0.15) is 11.5 Å². The number of aryl methyl sites for hydroxylation is 1. The molecule has 0 spiro atoms. The van der Waals surface area contributed by atoms with E-state index in [1.54, 1.807) is 24.4 Å². The van der Waals surface area contributed by atoms with Crippen LogP contribution in [0.2, 0.25) is 5.02 Å². The van der Waals surface area contributed by atoms with Crippen LogP contribution in [0.3, 0.4) is 0 Å². The number of carbonyl (C=O) groups excluding carboxylic acids is 1. The first-order valence-corrected chi connectivity index (χ1v) is 10.4. The fraction of sp³-hybridized carbons (Fsp3) is 0.273. The molecule has 2 N–H and O–H groups in total. The number of nitrogens with zero attached hydrogens (tertiary/aromatic N) is 4. The van der Waals surface area contributed by atoms with Crippen LogP contribution in [0.5, 0.6) is 0 Å². The minimum absolute atomic E-state index is 0.254. The molecular weight excluding hydrogens is 416 g/mol. The van der Waals surface area contributed by atoms with Crippen molar-refractivity contribution in [2.45, 2.75) is 13.5 Å². The van der Waals surface area contributed by atoms with Gasteiger partial charge >= 0.3 is 0 Å². The Bertz CT molecular complexity index is 1060. The summed E-state index contributed by atoms with van der Waals surface area (Å²) < 4.78 is 5.44. The summed E-state index contributed by atoms with van der Waals surface area (Å²) >= 11 is 6.14. The van der Waals surface area contributed by atoms with Gasteiger partial charge in [0, 0.05) is 36.1 Å². The number of anilines is 3. The molecule has 8 nitrogen and oxygen atoms in total. The van der Waals surface area contributed by atoms with Crippen molar-refractivity contribution in [3.8, 4) is 0 Å². The van der Waals surface area contributed by atoms with E-state index in [0.29, 0.717) is 54.5 Å². The maximum absolute atomic E-state index is 12.4. The smallest absolute Gasteiger partial charge is 0.270 e. The van der Waals surface area contributed by atoms with Crippen LogP contribution in [0.1, 0.15) is 21.7 Å². The van der Waals surface area contributed by atoms with Crippen molar-refractivity contribution in [2.24, 2.45) is 0 Å². The molecule has 160 valence electrons. The van der Waals surface area contributed by atoms with Crippen molar-refractivity contribution in [1.82, 2.24) is 20.3 Å². The van der Waals surface area contributed by atoms with E-state index in [-0.39, 0.29) is 12.5 Å². The predicted octanol–water partition coefficient (Wildman–Crippen LogP) is 3.34. The molecule has 9 heteroatoms. The molecule has 3 aromatic rings. The van der Waals surface area contributed by atoms with E-state index in [1.165, 1.54) is 0 Å². The minimum atomic E-state index is -0.255. The van der Waals surface area contributed by atoms with Gasteiger partial charge in [0.15, 0.2) is 0 Å². The highest BCUT2D eigenvalue weighted by Gasteiger charge is 2.16. The first-order valence-electron chi connectivity index (χ1n) is 10.0. The minimum Gasteiger partial charge on any atom is -0.378 e. The number of hydrogen-bond donors (Lipinski definition) is 2. The third-order valence-corrected chi connectivity index (χ3v) is 5.24. The molecule has 1 fully saturated rings. The predicted molar refractivity (Wildman–Crippen MR) is 120 cm³/mol. The fourth-order valence-corrected chi connectivity index (χ4v) is 3.29. The number of morpholine rings is 1. The first-order chi connectivity index (χ1) is 15.1. The lowest BCUT2D eigenvalue weighted by Gasteiger charge is -2.27. The van der Waals surface area contributed by atoms with E-state index < -0.39 is 0 Å². The SMILES string of the molecule is Cc1cc(Nc2cc(CNC(=O)c3ccccn3)nc(N3CCOCC3)n2)ccc1Cl. The summed E-state index contributed by atoms with van der Waals surface area (Å²) in [6, 6.07) is 12.7. The van der Waals surface area contributed by atoms with Crippen LogP contribution in [-0.4, -0.2) is 47.2 Å². The van der Waals surface area contributed by atoms with Crippen LogP contribution < -0.4 is 15.5 Å². The monoisotopic (exact) mass is 438 g/mol. The van der Waals surface area contributed by atoms with Crippen LogP contribution in [0.4, 0.5) is 17.5 Å². The molecule has 0 saturated carbocycles. The summed E-state index contributed by atoms with van der Waals surface area (Å²) in [5.41, 5.74) is 2.89. The molecular formula is C22H23ClN6O2. The van der Waals surface area contributed by atoms with Crippen molar-refractivity contribution in [3.63, 3.8) is 0 Å². The molecule has 31 heavy (non-hydrogen) atoms. The van der Waals surface area contributed by atoms with Crippen LogP contribution in [0.15, 0.2) is 48.7 Å². The number of hydrogen-bond acceptors (Lipinski definition) is 7. The number of ether oxygens (including phenoxy) is 1. The highest BCUT2D eigenvalue weighted by Crippen LogP contribution is 2.23. The molecule has 0 unspecified atom stereocenters. The Hall–Kier alpha value is -3.23. The number of benzene rings is 1. The molecule has 1 aliphatic rings. The van der Waals surface area contributed by atoms with Crippen molar-refractivity contribution >= 4 is 35.0 Å². The Morgan fingerprint density at radius 1 is 1.16 bits per heavy atom. The molecule has 0 atom stereocenters. The van der Waals surface area contributed by atoms with Crippen LogP contribution in [-0.2, 0) is 11.3 Å². The lowest BCUT2D eigenvalue weighted by atomic mass is 10.2. The number of carbonyl (C=O) groups is 1. The normalized spacial score (nSPS) is 13.7. The molecule has 4 rings (SSSR count). The highest BCUT2D eigenvalue weighted by atomic mass is 35.5. The number of halogens is 1. The van der Waals surface area contributed by atoms with E-state index in [4.69, 9.17) is 16.3 Å². The molecule has 1 aromatic carbocycles. The van der Waals surface area contributed by atoms with E-state index in [0.717, 1.165) is 11.3 Å². The Morgan fingerprint density at radius 2 is 2.00 bits per heavy atom. The van der Waals surface area contributed by atoms with Crippen molar-refractivity contribution in [2.75, 3.05) is 36.5 Å². The third kappa shape index (κ3) is 5.48. The topological polar surface area (TPSA) is 92.3 Å². The Labute approximate surface area is 185 Å². The average Bonchev–Trinajstić information content (AvgIpc) is 2.81. The second-order valence-corrected chi connectivity index (χ2v) is 7.54. The highest BCUT2D eigenvalue weighted by molar-refractivity contribution is 6.31. The molecule has 0 aliphatic carbocycles. The zero-order chi connectivity index (χ0) is 21.6. The van der Waals surface area contributed by atoms with E-state index >= 15 is 0 Å². The van der Waals surface area contributed by atoms with E-state index in [1.807, 2.05) is 31.2 Å². The zero-order valence-electron chi connectivity index (χ0n) is 17.1. The summed E-state index contributed by atoms with van der Waals surface area (Å²) in [4.78, 5) is 27.9. The standard InChI is InChI=1S/C22H23ClN6O2/c1-15-12-16(5-6-18(15)23)26-20-13-17(14-25-21(30)19-4-2-3-7-24-19)27-22(28-20)29-8-10-31-11-9-29/h2-7,12-13H,8-11,14H2,1H3,(H,25,30)(H,26,27,28). The Morgan fingerprint density at radius 3 is 2.74 bits per heavy atom. The summed E-state index contributed by atoms with van der Waals surface area (Å²) in [7, 11) is 0. The molecule has 0 bridgehead atoms. The molecule has 0 radical (unpaired) electrons. The maximum atomic E-state index is 12.4. The molecule has 3 heterocycles. The number of rotatable bonds is 6. The fourth-order valence-electron chi connectivity index (χ4n) is 3.17. The number of pyridine rings is 1. The summed E-state index contributed by atoms with van der Waals surface area (Å²) in [5, 5.41) is 6.90. The van der Waals surface area contributed by atoms with Gasteiger partial charge in [-0.15, -0.1) is 0 Å². The Kier molecular flexibility index (Phi) is 6.59. The zero-order valence-corrected chi connectivity index (χ0v) is 17.9. The number of amides is 1. The molecule has 1 saturated heterocycles. The lowest BCUT2D eigenvalue weighted by Crippen LogP contribution is -2.37. The molecule has 1 aliphatic heterocycles. The van der Waals surface area contributed by atoms with Gasteiger partial charge in [-0.3, -0.25) is 9.78 Å². The van der Waals surface area contributed by atoms with Gasteiger partial charge in [-0.2, -0.15) is 4.98 Å². The van der Waals surface area contributed by atoms with Crippen molar-refractivity contribution < 1.29 is 9.53 Å². The van der Waals surface area contributed by atoms with Crippen molar-refractivity contribution in [1.29, 1.82) is 0 Å². The van der Waals surface area contributed by atoms with Gasteiger partial charge in [0.05, 0.1) is 25.5 Å². The van der Waals surface area contributed by atoms with Gasteiger partial charge in [0.2, 0.25) is 5.95 Å². The van der Waals surface area contributed by atoms with Gasteiger partial charge in [-0.1, -0.05) is 17.7 Å². The quantitative estimate of drug-likeness (QED) is 0.609. The van der Waals surface area contributed by atoms with Crippen LogP contribution in [0, 0.1) is 6.92 Å². The van der Waals surface area contributed by atoms with E-state index in [2.05, 4.69) is 30.5 Å². The van der Waals surface area contributed by atoms with Crippen LogP contribution >= 0.6 is 11.6 Å². The second-order valence-electron chi connectivity index (χ2n) is 7.13. The molecule has 2 aromatic heterocycles. The van der Waals surface area contributed by atoms with Gasteiger partial charge < -0.3 is 20.3 Å².